The zero-order valence-corrected chi connectivity index (χ0v) is 12.8. The lowest BCUT2D eigenvalue weighted by Gasteiger charge is -2.23. The quantitative estimate of drug-likeness (QED) is 0.760. The van der Waals surface area contributed by atoms with Crippen LogP contribution in [-0.4, -0.2) is 43.5 Å². The molecule has 3 N–H and O–H groups in total. The molecule has 0 aliphatic carbocycles. The number of hydrogen-bond acceptors (Lipinski definition) is 3. The van der Waals surface area contributed by atoms with Crippen LogP contribution in [0.5, 0.6) is 0 Å². The number of nitrogens with one attached hydrogen (secondary N) is 1. The molecule has 0 spiro atoms. The molecule has 1 aliphatic heterocycles. The third-order valence-corrected chi connectivity index (χ3v) is 4.19. The Bertz CT molecular complexity index is 415. The Balaban J connectivity index is 1.77. The second-order valence-corrected chi connectivity index (χ2v) is 5.80. The van der Waals surface area contributed by atoms with Crippen molar-refractivity contribution < 1.29 is 4.79 Å². The first-order valence-electron chi connectivity index (χ1n) is 8.02. The van der Waals surface area contributed by atoms with Gasteiger partial charge in [-0.2, -0.15) is 0 Å². The van der Waals surface area contributed by atoms with Crippen LogP contribution in [0, 0.1) is 5.92 Å². The van der Waals surface area contributed by atoms with Crippen molar-refractivity contribution in [1.82, 2.24) is 10.2 Å². The van der Waals surface area contributed by atoms with Crippen molar-refractivity contribution in [1.29, 1.82) is 0 Å². The molecule has 0 saturated carbocycles. The summed E-state index contributed by atoms with van der Waals surface area (Å²) in [6.45, 7) is 4.12. The van der Waals surface area contributed by atoms with Crippen LogP contribution in [0.15, 0.2) is 30.3 Å². The Labute approximate surface area is 127 Å². The number of nitrogens with two attached hydrogens (primary N) is 1. The molecular formula is C17H27N3O. The first-order valence-corrected chi connectivity index (χ1v) is 8.02. The van der Waals surface area contributed by atoms with Gasteiger partial charge >= 0.3 is 0 Å². The van der Waals surface area contributed by atoms with E-state index in [1.807, 2.05) is 23.1 Å². The lowest BCUT2D eigenvalue weighted by atomic mass is 10.0. The molecule has 4 nitrogen and oxygen atoms in total. The fraction of sp³-hybridized carbons (Fsp3) is 0.588. The highest BCUT2D eigenvalue weighted by molar-refractivity contribution is 5.76. The average molecular weight is 289 g/mol. The number of hydrogen-bond donors (Lipinski definition) is 2. The van der Waals surface area contributed by atoms with Crippen molar-refractivity contribution in [3.8, 4) is 0 Å². The van der Waals surface area contributed by atoms with Crippen LogP contribution in [0.3, 0.4) is 0 Å². The van der Waals surface area contributed by atoms with Gasteiger partial charge in [0.1, 0.15) is 0 Å². The Morgan fingerprint density at radius 2 is 2.10 bits per heavy atom. The standard InChI is InChI=1S/C17H27N3O/c18-10-13-20(12-9-15-4-2-1-3-5-15)17(21)7-6-16-8-11-19-14-16/h1-5,16,19H,6-14,18H2. The largest absolute Gasteiger partial charge is 0.341 e. The van der Waals surface area contributed by atoms with E-state index in [1.165, 1.54) is 12.0 Å². The summed E-state index contributed by atoms with van der Waals surface area (Å²) in [6, 6.07) is 10.3. The number of benzene rings is 1. The molecule has 116 valence electrons. The van der Waals surface area contributed by atoms with Crippen LogP contribution < -0.4 is 11.1 Å². The topological polar surface area (TPSA) is 58.4 Å². The maximum atomic E-state index is 12.4. The van der Waals surface area contributed by atoms with E-state index in [9.17, 15) is 4.79 Å². The van der Waals surface area contributed by atoms with Gasteiger partial charge < -0.3 is 16.0 Å². The number of amides is 1. The maximum absolute atomic E-state index is 12.4. The van der Waals surface area contributed by atoms with Crippen molar-refractivity contribution in [3.63, 3.8) is 0 Å². The molecule has 0 radical (unpaired) electrons. The molecule has 21 heavy (non-hydrogen) atoms. The van der Waals surface area contributed by atoms with E-state index in [4.69, 9.17) is 5.73 Å². The lowest BCUT2D eigenvalue weighted by Crippen LogP contribution is -2.37. The lowest BCUT2D eigenvalue weighted by molar-refractivity contribution is -0.131. The number of carbonyl (C=O) groups is 1. The minimum absolute atomic E-state index is 0.253. The van der Waals surface area contributed by atoms with Gasteiger partial charge in [-0.05, 0) is 43.8 Å². The van der Waals surface area contributed by atoms with Gasteiger partial charge in [0, 0.05) is 26.1 Å². The van der Waals surface area contributed by atoms with Crippen molar-refractivity contribution in [2.45, 2.75) is 25.7 Å². The molecule has 0 bridgehead atoms. The van der Waals surface area contributed by atoms with Gasteiger partial charge in [0.05, 0.1) is 0 Å². The molecule has 1 amide bonds. The maximum Gasteiger partial charge on any atom is 0.222 e. The first kappa shape index (κ1) is 16.0. The van der Waals surface area contributed by atoms with Crippen LogP contribution in [0.1, 0.15) is 24.8 Å². The number of rotatable bonds is 8. The van der Waals surface area contributed by atoms with Crippen molar-refractivity contribution >= 4 is 5.91 Å². The fourth-order valence-corrected chi connectivity index (χ4v) is 2.87. The second-order valence-electron chi connectivity index (χ2n) is 5.80. The summed E-state index contributed by atoms with van der Waals surface area (Å²) in [4.78, 5) is 14.3. The zero-order chi connectivity index (χ0) is 14.9. The Kier molecular flexibility index (Phi) is 6.70. The SMILES string of the molecule is NCCN(CCc1ccccc1)C(=O)CCC1CCNC1. The summed E-state index contributed by atoms with van der Waals surface area (Å²) < 4.78 is 0. The molecule has 1 heterocycles. The van der Waals surface area contributed by atoms with Crippen LogP contribution in [0.25, 0.3) is 0 Å². The van der Waals surface area contributed by atoms with Gasteiger partial charge in [-0.25, -0.2) is 0 Å². The molecule has 1 atom stereocenters. The number of nitrogens with zero attached hydrogens (tertiary/aromatic N) is 1. The van der Waals surface area contributed by atoms with E-state index in [1.54, 1.807) is 0 Å². The monoisotopic (exact) mass is 289 g/mol. The molecule has 0 aromatic heterocycles. The van der Waals surface area contributed by atoms with E-state index in [0.717, 1.165) is 32.5 Å². The summed E-state index contributed by atoms with van der Waals surface area (Å²) in [6.07, 6.45) is 3.76. The van der Waals surface area contributed by atoms with Crippen molar-refractivity contribution in [3.05, 3.63) is 35.9 Å². The normalized spacial score (nSPS) is 17.9. The summed E-state index contributed by atoms with van der Waals surface area (Å²) in [5.74, 6) is 0.922. The van der Waals surface area contributed by atoms with Gasteiger partial charge in [0.25, 0.3) is 0 Å². The highest BCUT2D eigenvalue weighted by atomic mass is 16.2. The minimum atomic E-state index is 0.253. The van der Waals surface area contributed by atoms with Crippen LogP contribution in [0.2, 0.25) is 0 Å². The van der Waals surface area contributed by atoms with Gasteiger partial charge in [-0.1, -0.05) is 30.3 Å². The molecule has 1 fully saturated rings. The Morgan fingerprint density at radius 3 is 2.76 bits per heavy atom. The minimum Gasteiger partial charge on any atom is -0.341 e. The van der Waals surface area contributed by atoms with Crippen molar-refractivity contribution in [2.24, 2.45) is 11.7 Å². The summed E-state index contributed by atoms with van der Waals surface area (Å²) in [5, 5.41) is 3.35. The molecule has 1 aromatic rings. The Hall–Kier alpha value is -1.39. The highest BCUT2D eigenvalue weighted by Gasteiger charge is 2.18. The zero-order valence-electron chi connectivity index (χ0n) is 12.8. The van der Waals surface area contributed by atoms with Crippen LogP contribution >= 0.6 is 0 Å². The van der Waals surface area contributed by atoms with Gasteiger partial charge in [-0.15, -0.1) is 0 Å². The molecule has 1 aromatic carbocycles. The summed E-state index contributed by atoms with van der Waals surface area (Å²) in [7, 11) is 0. The summed E-state index contributed by atoms with van der Waals surface area (Å²) >= 11 is 0. The van der Waals surface area contributed by atoms with Gasteiger partial charge in [-0.3, -0.25) is 4.79 Å². The fourth-order valence-electron chi connectivity index (χ4n) is 2.87. The van der Waals surface area contributed by atoms with Crippen molar-refractivity contribution in [2.75, 3.05) is 32.7 Å². The predicted octanol–water partition coefficient (Wildman–Crippen LogP) is 1.41. The van der Waals surface area contributed by atoms with Crippen LogP contribution in [-0.2, 0) is 11.2 Å². The molecule has 1 unspecified atom stereocenters. The van der Waals surface area contributed by atoms with E-state index in [2.05, 4.69) is 17.4 Å². The molecule has 1 aliphatic rings. The Morgan fingerprint density at radius 1 is 1.29 bits per heavy atom. The summed E-state index contributed by atoms with van der Waals surface area (Å²) in [5.41, 5.74) is 6.92. The van der Waals surface area contributed by atoms with Crippen LogP contribution in [0.4, 0.5) is 0 Å². The number of carbonyl (C=O) groups excluding carboxylic acids is 1. The smallest absolute Gasteiger partial charge is 0.222 e. The first-order chi connectivity index (χ1) is 10.3. The van der Waals surface area contributed by atoms with E-state index in [-0.39, 0.29) is 5.91 Å². The molecule has 1 saturated heterocycles. The van der Waals surface area contributed by atoms with E-state index in [0.29, 0.717) is 25.4 Å². The van der Waals surface area contributed by atoms with Gasteiger partial charge in [0.2, 0.25) is 5.91 Å². The van der Waals surface area contributed by atoms with Gasteiger partial charge in [0.15, 0.2) is 0 Å². The molecule has 2 rings (SSSR count). The van der Waals surface area contributed by atoms with E-state index < -0.39 is 0 Å². The average Bonchev–Trinajstić information content (AvgIpc) is 3.03. The molecule has 4 heteroatoms. The second kappa shape index (κ2) is 8.80. The third-order valence-electron chi connectivity index (χ3n) is 4.19. The predicted molar refractivity (Wildman–Crippen MR) is 86.0 cm³/mol. The molecular weight excluding hydrogens is 262 g/mol. The van der Waals surface area contributed by atoms with E-state index >= 15 is 0 Å². The highest BCUT2D eigenvalue weighted by Crippen LogP contribution is 2.15. The third kappa shape index (κ3) is 5.48.